The Balaban J connectivity index is 2.58. The monoisotopic (exact) mass is 266 g/mol. The number of hydrogen-bond donors (Lipinski definition) is 2. The molecule has 1 aromatic rings. The summed E-state index contributed by atoms with van der Waals surface area (Å²) in [5.74, 6) is 0.258. The normalized spacial score (nSPS) is 11.2. The maximum Gasteiger partial charge on any atom is 0.252 e. The van der Waals surface area contributed by atoms with Gasteiger partial charge >= 0.3 is 0 Å². The van der Waals surface area contributed by atoms with Crippen molar-refractivity contribution in [3.63, 3.8) is 0 Å². The van der Waals surface area contributed by atoms with Gasteiger partial charge in [-0.2, -0.15) is 0 Å². The molecule has 0 aliphatic carbocycles. The molecule has 0 bridgehead atoms. The van der Waals surface area contributed by atoms with Crippen molar-refractivity contribution in [3.05, 3.63) is 23.9 Å². The van der Waals surface area contributed by atoms with Gasteiger partial charge in [0.25, 0.3) is 5.91 Å². The molecule has 0 aromatic carbocycles. The van der Waals surface area contributed by atoms with Crippen molar-refractivity contribution in [1.82, 2.24) is 10.3 Å². The Morgan fingerprint density at radius 2 is 2.05 bits per heavy atom. The SMILES string of the molecule is CCOc1ccc(C(=O)NCC(O)(CC)CC)cn1. The predicted molar refractivity (Wildman–Crippen MR) is 73.3 cm³/mol. The maximum absolute atomic E-state index is 11.9. The molecule has 0 fully saturated rings. The van der Waals surface area contributed by atoms with E-state index in [0.29, 0.717) is 30.9 Å². The van der Waals surface area contributed by atoms with E-state index in [1.165, 1.54) is 6.20 Å². The van der Waals surface area contributed by atoms with Gasteiger partial charge in [-0.3, -0.25) is 4.79 Å². The summed E-state index contributed by atoms with van der Waals surface area (Å²) in [6, 6.07) is 3.31. The zero-order valence-electron chi connectivity index (χ0n) is 11.8. The molecule has 19 heavy (non-hydrogen) atoms. The largest absolute Gasteiger partial charge is 0.478 e. The van der Waals surface area contributed by atoms with Crippen molar-refractivity contribution in [2.24, 2.45) is 0 Å². The molecule has 0 radical (unpaired) electrons. The molecule has 1 aromatic heterocycles. The summed E-state index contributed by atoms with van der Waals surface area (Å²) in [5.41, 5.74) is -0.382. The fourth-order valence-electron chi connectivity index (χ4n) is 1.59. The lowest BCUT2D eigenvalue weighted by Crippen LogP contribution is -2.42. The minimum atomic E-state index is -0.839. The zero-order valence-corrected chi connectivity index (χ0v) is 11.8. The minimum Gasteiger partial charge on any atom is -0.478 e. The second-order valence-electron chi connectivity index (χ2n) is 4.43. The first kappa shape index (κ1) is 15.4. The second kappa shape index (κ2) is 7.09. The number of rotatable bonds is 7. The number of carbonyl (C=O) groups excluding carboxylic acids is 1. The van der Waals surface area contributed by atoms with E-state index in [2.05, 4.69) is 10.3 Å². The van der Waals surface area contributed by atoms with Crippen LogP contribution in [-0.2, 0) is 0 Å². The van der Waals surface area contributed by atoms with Crippen LogP contribution in [-0.4, -0.2) is 34.8 Å². The Hall–Kier alpha value is -1.62. The van der Waals surface area contributed by atoms with Crippen molar-refractivity contribution in [2.75, 3.05) is 13.2 Å². The molecule has 0 aliphatic heterocycles. The third kappa shape index (κ3) is 4.52. The summed E-state index contributed by atoms with van der Waals surface area (Å²) in [7, 11) is 0. The number of hydrogen-bond acceptors (Lipinski definition) is 4. The van der Waals surface area contributed by atoms with Crippen molar-refractivity contribution in [3.8, 4) is 5.88 Å². The number of aliphatic hydroxyl groups is 1. The van der Waals surface area contributed by atoms with E-state index in [9.17, 15) is 9.90 Å². The number of nitrogens with one attached hydrogen (secondary N) is 1. The van der Waals surface area contributed by atoms with Crippen LogP contribution in [0.25, 0.3) is 0 Å². The first-order valence-corrected chi connectivity index (χ1v) is 6.64. The Labute approximate surface area is 114 Å². The van der Waals surface area contributed by atoms with Gasteiger partial charge in [0.1, 0.15) is 0 Å². The fraction of sp³-hybridized carbons (Fsp3) is 0.571. The average Bonchev–Trinajstić information content (AvgIpc) is 2.45. The molecule has 2 N–H and O–H groups in total. The summed E-state index contributed by atoms with van der Waals surface area (Å²) in [5, 5.41) is 12.8. The Bertz CT molecular complexity index is 400. The van der Waals surface area contributed by atoms with Crippen molar-refractivity contribution in [2.45, 2.75) is 39.2 Å². The van der Waals surface area contributed by atoms with Crippen LogP contribution >= 0.6 is 0 Å². The highest BCUT2D eigenvalue weighted by Gasteiger charge is 2.23. The molecule has 0 saturated carbocycles. The first-order chi connectivity index (χ1) is 9.04. The topological polar surface area (TPSA) is 71.5 Å². The van der Waals surface area contributed by atoms with Crippen LogP contribution in [0.4, 0.5) is 0 Å². The van der Waals surface area contributed by atoms with Crippen LogP contribution in [0.2, 0.25) is 0 Å². The minimum absolute atomic E-state index is 0.240. The fourth-order valence-corrected chi connectivity index (χ4v) is 1.59. The van der Waals surface area contributed by atoms with Gasteiger partial charge in [-0.05, 0) is 25.8 Å². The molecule has 1 amide bonds. The molecule has 0 saturated heterocycles. The smallest absolute Gasteiger partial charge is 0.252 e. The van der Waals surface area contributed by atoms with Crippen molar-refractivity contribution < 1.29 is 14.6 Å². The highest BCUT2D eigenvalue weighted by atomic mass is 16.5. The molecule has 0 spiro atoms. The lowest BCUT2D eigenvalue weighted by atomic mass is 9.97. The summed E-state index contributed by atoms with van der Waals surface area (Å²) in [6.45, 7) is 6.45. The maximum atomic E-state index is 11.9. The molecule has 0 unspecified atom stereocenters. The van der Waals surface area contributed by atoms with Crippen LogP contribution in [0.1, 0.15) is 44.0 Å². The third-order valence-corrected chi connectivity index (χ3v) is 3.18. The van der Waals surface area contributed by atoms with Gasteiger partial charge in [-0.15, -0.1) is 0 Å². The van der Waals surface area contributed by atoms with Gasteiger partial charge in [-0.25, -0.2) is 4.98 Å². The van der Waals surface area contributed by atoms with E-state index in [1.54, 1.807) is 12.1 Å². The number of carbonyl (C=O) groups is 1. The van der Waals surface area contributed by atoms with E-state index in [4.69, 9.17) is 4.74 Å². The molecule has 1 heterocycles. The highest BCUT2D eigenvalue weighted by molar-refractivity contribution is 5.93. The van der Waals surface area contributed by atoms with E-state index >= 15 is 0 Å². The zero-order chi connectivity index (χ0) is 14.3. The first-order valence-electron chi connectivity index (χ1n) is 6.64. The van der Waals surface area contributed by atoms with Crippen molar-refractivity contribution in [1.29, 1.82) is 0 Å². The standard InChI is InChI=1S/C14H22N2O3/c1-4-14(18,5-2)10-16-13(17)11-7-8-12(15-9-11)19-6-3/h7-9,18H,4-6,10H2,1-3H3,(H,16,17). The average molecular weight is 266 g/mol. The van der Waals surface area contributed by atoms with Crippen molar-refractivity contribution >= 4 is 5.91 Å². The molecule has 0 atom stereocenters. The number of ether oxygens (including phenoxy) is 1. The van der Waals surface area contributed by atoms with Crippen LogP contribution in [0.5, 0.6) is 5.88 Å². The van der Waals surface area contributed by atoms with Crippen LogP contribution in [0.3, 0.4) is 0 Å². The molecule has 1 rings (SSSR count). The van der Waals surface area contributed by atoms with E-state index in [0.717, 1.165) is 0 Å². The van der Waals surface area contributed by atoms with E-state index in [1.807, 2.05) is 20.8 Å². The lowest BCUT2D eigenvalue weighted by Gasteiger charge is -2.25. The molecule has 0 aliphatic rings. The van der Waals surface area contributed by atoms with Gasteiger partial charge in [0.05, 0.1) is 17.8 Å². The third-order valence-electron chi connectivity index (χ3n) is 3.18. The van der Waals surface area contributed by atoms with Gasteiger partial charge < -0.3 is 15.2 Å². The number of pyridine rings is 1. The summed E-state index contributed by atoms with van der Waals surface area (Å²) >= 11 is 0. The van der Waals surface area contributed by atoms with E-state index < -0.39 is 5.60 Å². The molecular weight excluding hydrogens is 244 g/mol. The number of nitrogens with zero attached hydrogens (tertiary/aromatic N) is 1. The highest BCUT2D eigenvalue weighted by Crippen LogP contribution is 2.13. The van der Waals surface area contributed by atoms with Gasteiger partial charge in [0.15, 0.2) is 0 Å². The Kier molecular flexibility index (Phi) is 5.76. The second-order valence-corrected chi connectivity index (χ2v) is 4.43. The molecule has 5 nitrogen and oxygen atoms in total. The lowest BCUT2D eigenvalue weighted by molar-refractivity contribution is 0.0314. The van der Waals surface area contributed by atoms with Crippen LogP contribution < -0.4 is 10.1 Å². The van der Waals surface area contributed by atoms with E-state index in [-0.39, 0.29) is 12.5 Å². The predicted octanol–water partition coefficient (Wildman–Crippen LogP) is 1.76. The number of amides is 1. The molecular formula is C14H22N2O3. The number of aromatic nitrogens is 1. The van der Waals surface area contributed by atoms with Gasteiger partial charge in [0, 0.05) is 18.8 Å². The van der Waals surface area contributed by atoms with Gasteiger partial charge in [0.2, 0.25) is 5.88 Å². The van der Waals surface area contributed by atoms with Crippen LogP contribution in [0.15, 0.2) is 18.3 Å². The summed E-state index contributed by atoms with van der Waals surface area (Å²) in [6.07, 6.45) is 2.67. The summed E-state index contributed by atoms with van der Waals surface area (Å²) in [4.78, 5) is 15.9. The Morgan fingerprint density at radius 1 is 1.37 bits per heavy atom. The molecule has 5 heteroatoms. The Morgan fingerprint density at radius 3 is 2.53 bits per heavy atom. The van der Waals surface area contributed by atoms with Crippen LogP contribution in [0, 0.1) is 0 Å². The summed E-state index contributed by atoms with van der Waals surface area (Å²) < 4.78 is 5.21. The quantitative estimate of drug-likeness (QED) is 0.789. The van der Waals surface area contributed by atoms with Gasteiger partial charge in [-0.1, -0.05) is 13.8 Å². The molecule has 106 valence electrons.